The Morgan fingerprint density at radius 3 is 2.80 bits per heavy atom. The highest BCUT2D eigenvalue weighted by Crippen LogP contribution is 2.24. The molecule has 0 saturated heterocycles. The fraction of sp³-hybridized carbons (Fsp3) is 0.333. The number of ketones is 1. The Morgan fingerprint density at radius 1 is 1.47 bits per heavy atom. The van der Waals surface area contributed by atoms with Crippen molar-refractivity contribution >= 4 is 16.9 Å². The highest BCUT2D eigenvalue weighted by molar-refractivity contribution is 5.83. The first-order chi connectivity index (χ1) is 7.09. The molecule has 0 amide bonds. The van der Waals surface area contributed by atoms with Crippen molar-refractivity contribution in [3.05, 3.63) is 29.7 Å². The van der Waals surface area contributed by atoms with Crippen molar-refractivity contribution in [3.63, 3.8) is 0 Å². The van der Waals surface area contributed by atoms with E-state index in [1.165, 1.54) is 0 Å². The summed E-state index contributed by atoms with van der Waals surface area (Å²) in [4.78, 5) is 15.5. The number of carbonyl (C=O) groups excluding carboxylic acids is 1. The molecule has 0 aliphatic rings. The second-order valence-electron chi connectivity index (χ2n) is 3.81. The molecule has 0 bridgehead atoms. The van der Waals surface area contributed by atoms with Gasteiger partial charge >= 0.3 is 0 Å². The number of carbonyl (C=O) groups is 1. The van der Waals surface area contributed by atoms with Gasteiger partial charge in [0, 0.05) is 0 Å². The number of aryl methyl sites for hydroxylation is 1. The first-order valence-electron chi connectivity index (χ1n) is 4.96. The summed E-state index contributed by atoms with van der Waals surface area (Å²) in [5.74, 6) is 0.308. The SMILES string of the molecule is CC(=O)C(C)c1nc2cccc(C)c2o1. The van der Waals surface area contributed by atoms with E-state index in [2.05, 4.69) is 4.98 Å². The largest absolute Gasteiger partial charge is 0.440 e. The lowest BCUT2D eigenvalue weighted by Crippen LogP contribution is -2.03. The van der Waals surface area contributed by atoms with Crippen LogP contribution in [0.5, 0.6) is 0 Å². The Kier molecular flexibility index (Phi) is 2.31. The molecule has 1 aromatic carbocycles. The summed E-state index contributed by atoms with van der Waals surface area (Å²) in [5, 5.41) is 0. The van der Waals surface area contributed by atoms with Crippen LogP contribution >= 0.6 is 0 Å². The van der Waals surface area contributed by atoms with Gasteiger partial charge in [-0.3, -0.25) is 4.79 Å². The van der Waals surface area contributed by atoms with Crippen LogP contribution in [-0.2, 0) is 4.79 Å². The topological polar surface area (TPSA) is 43.1 Å². The summed E-state index contributed by atoms with van der Waals surface area (Å²) in [6.45, 7) is 5.32. The zero-order chi connectivity index (χ0) is 11.0. The number of Topliss-reactive ketones (excluding diaryl/α,β-unsaturated/α-hetero) is 1. The Labute approximate surface area is 88.1 Å². The second-order valence-corrected chi connectivity index (χ2v) is 3.81. The standard InChI is InChI=1S/C12H13NO2/c1-7-5-4-6-10-11(7)15-12(13-10)8(2)9(3)14/h4-6,8H,1-3H3. The average molecular weight is 203 g/mol. The lowest BCUT2D eigenvalue weighted by molar-refractivity contribution is -0.118. The van der Waals surface area contributed by atoms with Gasteiger partial charge in [0.15, 0.2) is 5.58 Å². The molecule has 1 atom stereocenters. The number of hydrogen-bond donors (Lipinski definition) is 0. The normalized spacial score (nSPS) is 13.0. The molecule has 3 nitrogen and oxygen atoms in total. The van der Waals surface area contributed by atoms with E-state index in [9.17, 15) is 4.79 Å². The van der Waals surface area contributed by atoms with Gasteiger partial charge in [-0.05, 0) is 32.4 Å². The molecule has 0 aliphatic carbocycles. The van der Waals surface area contributed by atoms with E-state index in [1.54, 1.807) is 6.92 Å². The number of para-hydroxylation sites is 1. The van der Waals surface area contributed by atoms with Crippen LogP contribution in [0.2, 0.25) is 0 Å². The molecule has 2 rings (SSSR count). The molecule has 2 aromatic rings. The Morgan fingerprint density at radius 2 is 2.20 bits per heavy atom. The fourth-order valence-corrected chi connectivity index (χ4v) is 1.46. The molecule has 0 N–H and O–H groups in total. The van der Waals surface area contributed by atoms with Gasteiger partial charge in [0.25, 0.3) is 0 Å². The van der Waals surface area contributed by atoms with Crippen LogP contribution in [0.1, 0.15) is 31.2 Å². The highest BCUT2D eigenvalue weighted by atomic mass is 16.3. The Bertz CT molecular complexity index is 513. The van der Waals surface area contributed by atoms with Crippen molar-refractivity contribution in [1.29, 1.82) is 0 Å². The maximum absolute atomic E-state index is 11.2. The molecule has 1 aromatic heterocycles. The minimum absolute atomic E-state index is 0.0687. The predicted molar refractivity (Wildman–Crippen MR) is 57.8 cm³/mol. The summed E-state index contributed by atoms with van der Waals surface area (Å²) in [6, 6.07) is 5.79. The lowest BCUT2D eigenvalue weighted by Gasteiger charge is -1.99. The zero-order valence-electron chi connectivity index (χ0n) is 9.07. The van der Waals surface area contributed by atoms with Crippen LogP contribution in [0.25, 0.3) is 11.1 Å². The van der Waals surface area contributed by atoms with Gasteiger partial charge in [-0.25, -0.2) is 4.98 Å². The zero-order valence-corrected chi connectivity index (χ0v) is 9.07. The highest BCUT2D eigenvalue weighted by Gasteiger charge is 2.17. The van der Waals surface area contributed by atoms with Crippen molar-refractivity contribution in [2.75, 3.05) is 0 Å². The van der Waals surface area contributed by atoms with Gasteiger partial charge in [0.05, 0.1) is 5.92 Å². The molecule has 0 spiro atoms. The third kappa shape index (κ3) is 1.65. The van der Waals surface area contributed by atoms with Gasteiger partial charge in [0.1, 0.15) is 11.3 Å². The molecule has 78 valence electrons. The van der Waals surface area contributed by atoms with E-state index in [0.29, 0.717) is 5.89 Å². The van der Waals surface area contributed by atoms with Crippen LogP contribution in [0, 0.1) is 6.92 Å². The second kappa shape index (κ2) is 3.50. The van der Waals surface area contributed by atoms with E-state index >= 15 is 0 Å². The van der Waals surface area contributed by atoms with Crippen LogP contribution < -0.4 is 0 Å². The summed E-state index contributed by atoms with van der Waals surface area (Å²) >= 11 is 0. The third-order valence-corrected chi connectivity index (χ3v) is 2.61. The van der Waals surface area contributed by atoms with Crippen LogP contribution in [0.4, 0.5) is 0 Å². The molecular formula is C12H13NO2. The number of fused-ring (bicyclic) bond motifs is 1. The van der Waals surface area contributed by atoms with Crippen LogP contribution in [-0.4, -0.2) is 10.8 Å². The van der Waals surface area contributed by atoms with Crippen LogP contribution in [0.3, 0.4) is 0 Å². The number of rotatable bonds is 2. The average Bonchev–Trinajstić information content (AvgIpc) is 2.61. The number of aromatic nitrogens is 1. The first-order valence-corrected chi connectivity index (χ1v) is 4.96. The van der Waals surface area contributed by atoms with Gasteiger partial charge in [0.2, 0.25) is 5.89 Å². The summed E-state index contributed by atoms with van der Waals surface area (Å²) in [5.41, 5.74) is 2.64. The van der Waals surface area contributed by atoms with E-state index in [0.717, 1.165) is 16.7 Å². The quantitative estimate of drug-likeness (QED) is 0.753. The summed E-state index contributed by atoms with van der Waals surface area (Å²) in [6.07, 6.45) is 0. The van der Waals surface area contributed by atoms with E-state index in [-0.39, 0.29) is 11.7 Å². The van der Waals surface area contributed by atoms with Crippen molar-refractivity contribution in [2.45, 2.75) is 26.7 Å². The monoisotopic (exact) mass is 203 g/mol. The first kappa shape index (κ1) is 9.90. The van der Waals surface area contributed by atoms with E-state index in [4.69, 9.17) is 4.42 Å². The number of nitrogens with zero attached hydrogens (tertiary/aromatic N) is 1. The minimum Gasteiger partial charge on any atom is -0.440 e. The predicted octanol–water partition coefficient (Wildman–Crippen LogP) is 2.83. The molecule has 1 unspecified atom stereocenters. The molecule has 0 saturated carbocycles. The minimum atomic E-state index is -0.267. The third-order valence-electron chi connectivity index (χ3n) is 2.61. The molecule has 0 radical (unpaired) electrons. The van der Waals surface area contributed by atoms with Gasteiger partial charge in [-0.15, -0.1) is 0 Å². The maximum Gasteiger partial charge on any atom is 0.205 e. The summed E-state index contributed by atoms with van der Waals surface area (Å²) < 4.78 is 5.59. The van der Waals surface area contributed by atoms with Crippen molar-refractivity contribution in [3.8, 4) is 0 Å². The number of oxazole rings is 1. The van der Waals surface area contributed by atoms with Crippen molar-refractivity contribution < 1.29 is 9.21 Å². The maximum atomic E-state index is 11.2. The van der Waals surface area contributed by atoms with E-state index < -0.39 is 0 Å². The van der Waals surface area contributed by atoms with Crippen molar-refractivity contribution in [2.24, 2.45) is 0 Å². The molecule has 15 heavy (non-hydrogen) atoms. The smallest absolute Gasteiger partial charge is 0.205 e. The Hall–Kier alpha value is -1.64. The molecule has 0 fully saturated rings. The van der Waals surface area contributed by atoms with E-state index in [1.807, 2.05) is 32.0 Å². The molecule has 1 heterocycles. The molecular weight excluding hydrogens is 190 g/mol. The number of hydrogen-bond acceptors (Lipinski definition) is 3. The van der Waals surface area contributed by atoms with Gasteiger partial charge < -0.3 is 4.42 Å². The fourth-order valence-electron chi connectivity index (χ4n) is 1.46. The molecule has 3 heteroatoms. The van der Waals surface area contributed by atoms with Crippen LogP contribution in [0.15, 0.2) is 22.6 Å². The van der Waals surface area contributed by atoms with Gasteiger partial charge in [-0.1, -0.05) is 12.1 Å². The van der Waals surface area contributed by atoms with Gasteiger partial charge in [-0.2, -0.15) is 0 Å². The lowest BCUT2D eigenvalue weighted by atomic mass is 10.1. The number of benzene rings is 1. The van der Waals surface area contributed by atoms with Crippen molar-refractivity contribution in [1.82, 2.24) is 4.98 Å². The molecule has 0 aliphatic heterocycles. The summed E-state index contributed by atoms with van der Waals surface area (Å²) in [7, 11) is 0. The Balaban J connectivity index is 2.56.